The average molecular weight is 336 g/mol. The second-order valence-electron chi connectivity index (χ2n) is 5.68. The molecule has 1 aliphatic rings. The third-order valence-corrected chi connectivity index (χ3v) is 4.12. The van der Waals surface area contributed by atoms with Gasteiger partial charge in [-0.3, -0.25) is 10.2 Å². The van der Waals surface area contributed by atoms with Crippen LogP contribution in [0.25, 0.3) is 0 Å². The lowest BCUT2D eigenvalue weighted by Crippen LogP contribution is -2.47. The molecule has 2 aromatic rings. The van der Waals surface area contributed by atoms with Crippen molar-refractivity contribution in [1.82, 2.24) is 16.2 Å². The highest BCUT2D eigenvalue weighted by molar-refractivity contribution is 5.95. The van der Waals surface area contributed by atoms with Crippen LogP contribution in [-0.4, -0.2) is 17.0 Å². The maximum absolute atomic E-state index is 12.0. The fourth-order valence-electron chi connectivity index (χ4n) is 2.86. The van der Waals surface area contributed by atoms with Gasteiger partial charge < -0.3 is 10.4 Å². The molecule has 0 aliphatic heterocycles. The van der Waals surface area contributed by atoms with E-state index < -0.39 is 11.9 Å². The number of nitriles is 1. The summed E-state index contributed by atoms with van der Waals surface area (Å²) in [6, 6.07) is 12.5. The summed E-state index contributed by atoms with van der Waals surface area (Å²) >= 11 is 0. The standard InChI is InChI=1S/C18H16N4O3/c19-10-11-4-6-12(7-5-11)17(24)21-22-18(25)20-15-9-8-14-13(15)2-1-3-16(14)23/h1-7,15,23H,8-9H2,(H,21,24)(H2,20,22,25). The first-order chi connectivity index (χ1) is 12.1. The Balaban J connectivity index is 1.55. The summed E-state index contributed by atoms with van der Waals surface area (Å²) in [5.41, 5.74) is 7.12. The van der Waals surface area contributed by atoms with Crippen molar-refractivity contribution in [3.05, 3.63) is 64.7 Å². The van der Waals surface area contributed by atoms with E-state index in [2.05, 4.69) is 16.2 Å². The molecule has 0 saturated carbocycles. The number of benzene rings is 2. The van der Waals surface area contributed by atoms with Gasteiger partial charge in [0.25, 0.3) is 5.91 Å². The van der Waals surface area contributed by atoms with E-state index in [1.807, 2.05) is 12.1 Å². The molecule has 0 spiro atoms. The van der Waals surface area contributed by atoms with Crippen LogP contribution in [0.4, 0.5) is 4.79 Å². The number of phenolic OH excluding ortho intramolecular Hbond substituents is 1. The zero-order chi connectivity index (χ0) is 17.8. The molecule has 1 aliphatic carbocycles. The van der Waals surface area contributed by atoms with Crippen LogP contribution in [0.1, 0.15) is 39.5 Å². The van der Waals surface area contributed by atoms with E-state index in [1.165, 1.54) is 24.3 Å². The third kappa shape index (κ3) is 3.53. The van der Waals surface area contributed by atoms with Crippen molar-refractivity contribution in [3.63, 3.8) is 0 Å². The number of carbonyl (C=O) groups is 2. The van der Waals surface area contributed by atoms with Crippen molar-refractivity contribution in [2.45, 2.75) is 18.9 Å². The largest absolute Gasteiger partial charge is 0.508 e. The minimum atomic E-state index is -0.539. The Hall–Kier alpha value is -3.53. The normalized spacial score (nSPS) is 14.9. The number of urea groups is 1. The Morgan fingerprint density at radius 2 is 1.88 bits per heavy atom. The lowest BCUT2D eigenvalue weighted by atomic mass is 10.1. The Labute approximate surface area is 144 Å². The monoisotopic (exact) mass is 336 g/mol. The minimum absolute atomic E-state index is 0.214. The molecule has 7 nitrogen and oxygen atoms in total. The second-order valence-corrected chi connectivity index (χ2v) is 5.68. The van der Waals surface area contributed by atoms with Gasteiger partial charge in [0, 0.05) is 5.56 Å². The summed E-state index contributed by atoms with van der Waals surface area (Å²) in [5, 5.41) is 21.3. The van der Waals surface area contributed by atoms with Gasteiger partial charge in [0.15, 0.2) is 0 Å². The second kappa shape index (κ2) is 6.93. The maximum atomic E-state index is 12.0. The molecule has 3 amide bonds. The molecule has 0 radical (unpaired) electrons. The van der Waals surface area contributed by atoms with Crippen molar-refractivity contribution >= 4 is 11.9 Å². The first-order valence-electron chi connectivity index (χ1n) is 7.76. The Kier molecular flexibility index (Phi) is 4.53. The Bertz CT molecular complexity index is 856. The SMILES string of the molecule is N#Cc1ccc(C(=O)NNC(=O)NC2CCc3c(O)cccc32)cc1. The van der Waals surface area contributed by atoms with E-state index in [4.69, 9.17) is 5.26 Å². The van der Waals surface area contributed by atoms with Crippen LogP contribution in [0.3, 0.4) is 0 Å². The molecule has 4 N–H and O–H groups in total. The molecular formula is C18H16N4O3. The molecule has 0 heterocycles. The summed E-state index contributed by atoms with van der Waals surface area (Å²) in [6.07, 6.45) is 1.37. The molecule has 3 rings (SSSR count). The molecule has 1 unspecified atom stereocenters. The fourth-order valence-corrected chi connectivity index (χ4v) is 2.86. The quantitative estimate of drug-likeness (QED) is 0.627. The number of hydrogen-bond acceptors (Lipinski definition) is 4. The van der Waals surface area contributed by atoms with Crippen LogP contribution in [-0.2, 0) is 6.42 Å². The predicted molar refractivity (Wildman–Crippen MR) is 89.5 cm³/mol. The van der Waals surface area contributed by atoms with Crippen LogP contribution < -0.4 is 16.2 Å². The van der Waals surface area contributed by atoms with E-state index in [0.29, 0.717) is 24.0 Å². The number of amides is 3. The number of phenols is 1. The van der Waals surface area contributed by atoms with Gasteiger partial charge in [-0.15, -0.1) is 0 Å². The van der Waals surface area contributed by atoms with Crippen LogP contribution in [0, 0.1) is 11.3 Å². The van der Waals surface area contributed by atoms with Crippen LogP contribution in [0.2, 0.25) is 0 Å². The summed E-state index contributed by atoms with van der Waals surface area (Å²) in [6.45, 7) is 0. The molecule has 1 atom stereocenters. The van der Waals surface area contributed by atoms with E-state index in [0.717, 1.165) is 11.1 Å². The van der Waals surface area contributed by atoms with Gasteiger partial charge in [-0.05, 0) is 54.3 Å². The van der Waals surface area contributed by atoms with Crippen molar-refractivity contribution in [2.24, 2.45) is 0 Å². The number of carbonyl (C=O) groups excluding carboxylic acids is 2. The van der Waals surface area contributed by atoms with Crippen molar-refractivity contribution in [3.8, 4) is 11.8 Å². The summed E-state index contributed by atoms with van der Waals surface area (Å²) in [5.74, 6) is -0.250. The molecule has 25 heavy (non-hydrogen) atoms. The highest BCUT2D eigenvalue weighted by atomic mass is 16.3. The van der Waals surface area contributed by atoms with Crippen molar-refractivity contribution in [2.75, 3.05) is 0 Å². The van der Waals surface area contributed by atoms with Crippen molar-refractivity contribution < 1.29 is 14.7 Å². The molecule has 0 aromatic heterocycles. The number of hydrogen-bond donors (Lipinski definition) is 4. The van der Waals surface area contributed by atoms with Gasteiger partial charge in [-0.2, -0.15) is 5.26 Å². The molecule has 0 saturated heterocycles. The average Bonchev–Trinajstić information content (AvgIpc) is 3.04. The highest BCUT2D eigenvalue weighted by Crippen LogP contribution is 2.36. The summed E-state index contributed by atoms with van der Waals surface area (Å²) in [7, 11) is 0. The van der Waals surface area contributed by atoms with Crippen LogP contribution in [0.15, 0.2) is 42.5 Å². The van der Waals surface area contributed by atoms with E-state index in [-0.39, 0.29) is 11.8 Å². The minimum Gasteiger partial charge on any atom is -0.508 e. The molecular weight excluding hydrogens is 320 g/mol. The predicted octanol–water partition coefficient (Wildman–Crippen LogP) is 1.90. The van der Waals surface area contributed by atoms with Crippen molar-refractivity contribution in [1.29, 1.82) is 5.26 Å². The molecule has 2 aromatic carbocycles. The molecule has 7 heteroatoms. The lowest BCUT2D eigenvalue weighted by Gasteiger charge is -2.15. The number of fused-ring (bicyclic) bond motifs is 1. The molecule has 0 fully saturated rings. The number of rotatable bonds is 2. The first kappa shape index (κ1) is 16.3. The zero-order valence-electron chi connectivity index (χ0n) is 13.2. The first-order valence-corrected chi connectivity index (χ1v) is 7.76. The van der Waals surface area contributed by atoms with Gasteiger partial charge in [-0.25, -0.2) is 10.2 Å². The summed E-state index contributed by atoms with van der Waals surface area (Å²) in [4.78, 5) is 23.9. The van der Waals surface area contributed by atoms with Gasteiger partial charge in [0.2, 0.25) is 0 Å². The van der Waals surface area contributed by atoms with E-state index in [9.17, 15) is 14.7 Å². The zero-order valence-corrected chi connectivity index (χ0v) is 13.2. The molecule has 0 bridgehead atoms. The Morgan fingerprint density at radius 3 is 2.60 bits per heavy atom. The number of hydrazine groups is 1. The fraction of sp³-hybridized carbons (Fsp3) is 0.167. The number of aromatic hydroxyl groups is 1. The van der Waals surface area contributed by atoms with Gasteiger partial charge >= 0.3 is 6.03 Å². The summed E-state index contributed by atoms with van der Waals surface area (Å²) < 4.78 is 0. The number of nitrogens with one attached hydrogen (secondary N) is 3. The van der Waals surface area contributed by atoms with Crippen LogP contribution >= 0.6 is 0 Å². The topological polar surface area (TPSA) is 114 Å². The van der Waals surface area contributed by atoms with Gasteiger partial charge in [0.1, 0.15) is 5.75 Å². The van der Waals surface area contributed by atoms with Gasteiger partial charge in [-0.1, -0.05) is 12.1 Å². The smallest absolute Gasteiger partial charge is 0.333 e. The number of nitrogens with zero attached hydrogens (tertiary/aromatic N) is 1. The van der Waals surface area contributed by atoms with Gasteiger partial charge in [0.05, 0.1) is 17.7 Å². The molecule has 126 valence electrons. The lowest BCUT2D eigenvalue weighted by molar-refractivity contribution is 0.0936. The van der Waals surface area contributed by atoms with Crippen LogP contribution in [0.5, 0.6) is 5.75 Å². The van der Waals surface area contributed by atoms with E-state index in [1.54, 1.807) is 12.1 Å². The van der Waals surface area contributed by atoms with E-state index >= 15 is 0 Å². The Morgan fingerprint density at radius 1 is 1.12 bits per heavy atom. The third-order valence-electron chi connectivity index (χ3n) is 4.12. The maximum Gasteiger partial charge on any atom is 0.333 e. The highest BCUT2D eigenvalue weighted by Gasteiger charge is 2.25.